The number of pyridine rings is 1. The second-order valence-corrected chi connectivity index (χ2v) is 4.44. The highest BCUT2D eigenvalue weighted by Crippen LogP contribution is 2.12. The van der Waals surface area contributed by atoms with Crippen molar-refractivity contribution in [2.45, 2.75) is 26.0 Å². The van der Waals surface area contributed by atoms with Gasteiger partial charge in [0.05, 0.1) is 12.7 Å². The third-order valence-electron chi connectivity index (χ3n) is 3.17. The molecule has 1 N–H and O–H groups in total. The minimum atomic E-state index is 0.397. The zero-order valence-electron chi connectivity index (χ0n) is 10.6. The third-order valence-corrected chi connectivity index (χ3v) is 3.17. The van der Waals surface area contributed by atoms with Gasteiger partial charge in [0.2, 0.25) is 0 Å². The number of morpholine rings is 1. The maximum atomic E-state index is 5.66. The van der Waals surface area contributed by atoms with Crippen LogP contribution in [0.15, 0.2) is 18.3 Å². The van der Waals surface area contributed by atoms with E-state index in [2.05, 4.69) is 28.2 Å². The number of hydrogen-bond donors (Lipinski definition) is 1. The molecule has 94 valence electrons. The minimum Gasteiger partial charge on any atom is -0.376 e. The monoisotopic (exact) mass is 235 g/mol. The zero-order valence-corrected chi connectivity index (χ0v) is 10.6. The number of rotatable bonds is 4. The van der Waals surface area contributed by atoms with Crippen LogP contribution in [0.2, 0.25) is 0 Å². The summed E-state index contributed by atoms with van der Waals surface area (Å²) in [5, 5.41) is 3.03. The average molecular weight is 235 g/mol. The van der Waals surface area contributed by atoms with Gasteiger partial charge in [-0.15, -0.1) is 0 Å². The van der Waals surface area contributed by atoms with Crippen LogP contribution in [0.5, 0.6) is 0 Å². The standard InChI is InChI=1S/C13H21N3O/c1-3-12-10-16(6-7-17-12)9-11-4-5-13(14-2)15-8-11/h4-5,8,12H,3,6-7,9-10H2,1-2H3,(H,14,15). The molecule has 0 amide bonds. The minimum absolute atomic E-state index is 0.397. The number of hydrogen-bond acceptors (Lipinski definition) is 4. The highest BCUT2D eigenvalue weighted by Gasteiger charge is 2.18. The second-order valence-electron chi connectivity index (χ2n) is 4.44. The van der Waals surface area contributed by atoms with E-state index in [-0.39, 0.29) is 0 Å². The van der Waals surface area contributed by atoms with Gasteiger partial charge in [-0.3, -0.25) is 4.90 Å². The van der Waals surface area contributed by atoms with Gasteiger partial charge in [0.1, 0.15) is 5.82 Å². The summed E-state index contributed by atoms with van der Waals surface area (Å²) in [5.74, 6) is 0.919. The average Bonchev–Trinajstić information content (AvgIpc) is 2.40. The molecule has 17 heavy (non-hydrogen) atoms. The maximum absolute atomic E-state index is 5.66. The molecule has 1 aromatic rings. The van der Waals surface area contributed by atoms with Crippen LogP contribution >= 0.6 is 0 Å². The molecule has 4 heteroatoms. The Morgan fingerprint density at radius 3 is 3.06 bits per heavy atom. The molecule has 0 radical (unpaired) electrons. The lowest BCUT2D eigenvalue weighted by Crippen LogP contribution is -2.41. The maximum Gasteiger partial charge on any atom is 0.125 e. The first-order valence-electron chi connectivity index (χ1n) is 6.28. The van der Waals surface area contributed by atoms with Crippen molar-refractivity contribution in [3.05, 3.63) is 23.9 Å². The van der Waals surface area contributed by atoms with E-state index in [0.29, 0.717) is 6.10 Å². The summed E-state index contributed by atoms with van der Waals surface area (Å²) in [4.78, 5) is 6.77. The molecule has 1 aliphatic rings. The summed E-state index contributed by atoms with van der Waals surface area (Å²) in [5.41, 5.74) is 1.26. The molecule has 4 nitrogen and oxygen atoms in total. The fraction of sp³-hybridized carbons (Fsp3) is 0.615. The first-order chi connectivity index (χ1) is 8.31. The first-order valence-corrected chi connectivity index (χ1v) is 6.28. The summed E-state index contributed by atoms with van der Waals surface area (Å²) in [7, 11) is 1.88. The summed E-state index contributed by atoms with van der Waals surface area (Å²) in [6.07, 6.45) is 3.43. The van der Waals surface area contributed by atoms with Gasteiger partial charge in [-0.2, -0.15) is 0 Å². The number of nitrogens with one attached hydrogen (secondary N) is 1. The van der Waals surface area contributed by atoms with E-state index < -0.39 is 0 Å². The normalized spacial score (nSPS) is 21.4. The van der Waals surface area contributed by atoms with Crippen LogP contribution in [0.1, 0.15) is 18.9 Å². The molecule has 1 unspecified atom stereocenters. The lowest BCUT2D eigenvalue weighted by molar-refractivity contribution is -0.0324. The zero-order chi connectivity index (χ0) is 12.1. The van der Waals surface area contributed by atoms with Crippen molar-refractivity contribution in [3.63, 3.8) is 0 Å². The molecule has 1 atom stereocenters. The molecule has 0 bridgehead atoms. The molecule has 0 aromatic carbocycles. The van der Waals surface area contributed by atoms with Crippen LogP contribution in [0.3, 0.4) is 0 Å². The molecule has 1 aromatic heterocycles. The van der Waals surface area contributed by atoms with Crippen LogP contribution < -0.4 is 5.32 Å². The van der Waals surface area contributed by atoms with E-state index in [1.807, 2.05) is 19.3 Å². The third kappa shape index (κ3) is 3.41. The topological polar surface area (TPSA) is 37.4 Å². The molecule has 1 fully saturated rings. The Kier molecular flexibility index (Phi) is 4.34. The molecule has 0 spiro atoms. The van der Waals surface area contributed by atoms with Gasteiger partial charge in [-0.1, -0.05) is 13.0 Å². The summed E-state index contributed by atoms with van der Waals surface area (Å²) < 4.78 is 5.66. The number of aromatic nitrogens is 1. The lowest BCUT2D eigenvalue weighted by Gasteiger charge is -2.32. The van der Waals surface area contributed by atoms with Gasteiger partial charge in [0.15, 0.2) is 0 Å². The Labute approximate surface area is 103 Å². The van der Waals surface area contributed by atoms with E-state index in [9.17, 15) is 0 Å². The Balaban J connectivity index is 1.90. The lowest BCUT2D eigenvalue weighted by atomic mass is 10.2. The van der Waals surface area contributed by atoms with Crippen molar-refractivity contribution in [1.29, 1.82) is 0 Å². The van der Waals surface area contributed by atoms with Crippen molar-refractivity contribution >= 4 is 5.82 Å². The summed E-state index contributed by atoms with van der Waals surface area (Å²) in [6.45, 7) is 6.05. The first kappa shape index (κ1) is 12.3. The van der Waals surface area contributed by atoms with Gasteiger partial charge in [-0.05, 0) is 18.1 Å². The fourth-order valence-corrected chi connectivity index (χ4v) is 2.10. The molecule has 1 saturated heterocycles. The number of anilines is 1. The van der Waals surface area contributed by atoms with Crippen molar-refractivity contribution in [1.82, 2.24) is 9.88 Å². The highest BCUT2D eigenvalue weighted by atomic mass is 16.5. The molecular formula is C13H21N3O. The quantitative estimate of drug-likeness (QED) is 0.862. The van der Waals surface area contributed by atoms with Crippen LogP contribution in [-0.2, 0) is 11.3 Å². The molecular weight excluding hydrogens is 214 g/mol. The van der Waals surface area contributed by atoms with Gasteiger partial charge < -0.3 is 10.1 Å². The Morgan fingerprint density at radius 2 is 2.41 bits per heavy atom. The van der Waals surface area contributed by atoms with E-state index >= 15 is 0 Å². The predicted octanol–water partition coefficient (Wildman–Crippen LogP) is 1.73. The number of nitrogens with zero attached hydrogens (tertiary/aromatic N) is 2. The van der Waals surface area contributed by atoms with E-state index in [1.165, 1.54) is 5.56 Å². The Bertz CT molecular complexity index is 339. The predicted molar refractivity (Wildman–Crippen MR) is 69.1 cm³/mol. The van der Waals surface area contributed by atoms with Gasteiger partial charge in [0, 0.05) is 32.9 Å². The Morgan fingerprint density at radius 1 is 1.53 bits per heavy atom. The van der Waals surface area contributed by atoms with Crippen molar-refractivity contribution in [2.24, 2.45) is 0 Å². The van der Waals surface area contributed by atoms with Crippen LogP contribution in [-0.4, -0.2) is 42.7 Å². The van der Waals surface area contributed by atoms with Crippen molar-refractivity contribution in [2.75, 3.05) is 32.1 Å². The van der Waals surface area contributed by atoms with E-state index in [1.54, 1.807) is 0 Å². The highest BCUT2D eigenvalue weighted by molar-refractivity contribution is 5.34. The molecule has 2 rings (SSSR count). The summed E-state index contributed by atoms with van der Waals surface area (Å²) >= 11 is 0. The second kappa shape index (κ2) is 5.98. The molecule has 2 heterocycles. The Hall–Kier alpha value is -1.13. The van der Waals surface area contributed by atoms with Crippen LogP contribution in [0, 0.1) is 0 Å². The summed E-state index contributed by atoms with van der Waals surface area (Å²) in [6, 6.07) is 4.16. The SMILES string of the molecule is CCC1CN(Cc2ccc(NC)nc2)CCO1. The van der Waals surface area contributed by atoms with Crippen molar-refractivity contribution < 1.29 is 4.74 Å². The van der Waals surface area contributed by atoms with Crippen molar-refractivity contribution in [3.8, 4) is 0 Å². The number of ether oxygens (including phenoxy) is 1. The molecule has 1 aliphatic heterocycles. The van der Waals surface area contributed by atoms with Gasteiger partial charge in [0.25, 0.3) is 0 Å². The smallest absolute Gasteiger partial charge is 0.125 e. The fourth-order valence-electron chi connectivity index (χ4n) is 2.10. The van der Waals surface area contributed by atoms with Gasteiger partial charge in [-0.25, -0.2) is 4.98 Å². The largest absolute Gasteiger partial charge is 0.376 e. The molecule has 0 aliphatic carbocycles. The van der Waals surface area contributed by atoms with Gasteiger partial charge >= 0.3 is 0 Å². The van der Waals surface area contributed by atoms with E-state index in [0.717, 1.165) is 38.5 Å². The van der Waals surface area contributed by atoms with Crippen LogP contribution in [0.4, 0.5) is 5.82 Å². The van der Waals surface area contributed by atoms with Crippen LogP contribution in [0.25, 0.3) is 0 Å². The van der Waals surface area contributed by atoms with E-state index in [4.69, 9.17) is 4.74 Å². The molecule has 0 saturated carbocycles.